The van der Waals surface area contributed by atoms with Crippen LogP contribution in [0.3, 0.4) is 0 Å². The average molecular weight is 201 g/mol. The molecule has 3 nitrogen and oxygen atoms in total. The van der Waals surface area contributed by atoms with Crippen molar-refractivity contribution in [3.63, 3.8) is 0 Å². The monoisotopic (exact) mass is 201 g/mol. The Bertz CT molecular complexity index is 204. The lowest BCUT2D eigenvalue weighted by Crippen LogP contribution is -2.46. The topological polar surface area (TPSA) is 52.3 Å². The SMILES string of the molecule is CCC(C)(C)C(C)OC(=O)C(C)(C)N. The van der Waals surface area contributed by atoms with Crippen molar-refractivity contribution in [2.24, 2.45) is 11.1 Å². The number of nitrogens with two attached hydrogens (primary N) is 1. The number of rotatable bonds is 4. The van der Waals surface area contributed by atoms with E-state index in [1.165, 1.54) is 0 Å². The molecule has 0 aliphatic carbocycles. The third-order valence-electron chi connectivity index (χ3n) is 2.82. The third kappa shape index (κ3) is 3.66. The summed E-state index contributed by atoms with van der Waals surface area (Å²) in [7, 11) is 0. The van der Waals surface area contributed by atoms with E-state index >= 15 is 0 Å². The fraction of sp³-hybridized carbons (Fsp3) is 0.909. The molecule has 0 saturated heterocycles. The zero-order valence-electron chi connectivity index (χ0n) is 10.2. The molecular weight excluding hydrogens is 178 g/mol. The van der Waals surface area contributed by atoms with Crippen LogP contribution in [0.25, 0.3) is 0 Å². The maximum absolute atomic E-state index is 11.5. The van der Waals surface area contributed by atoms with E-state index in [1.807, 2.05) is 6.92 Å². The van der Waals surface area contributed by atoms with Gasteiger partial charge in [0.25, 0.3) is 0 Å². The Morgan fingerprint density at radius 2 is 1.79 bits per heavy atom. The Balaban J connectivity index is 4.34. The Hall–Kier alpha value is -0.570. The summed E-state index contributed by atoms with van der Waals surface area (Å²) in [6.45, 7) is 11.5. The summed E-state index contributed by atoms with van der Waals surface area (Å²) in [5.41, 5.74) is 4.73. The van der Waals surface area contributed by atoms with Gasteiger partial charge in [-0.1, -0.05) is 20.8 Å². The van der Waals surface area contributed by atoms with Gasteiger partial charge in [0.15, 0.2) is 0 Å². The number of esters is 1. The molecule has 0 heterocycles. The van der Waals surface area contributed by atoms with Gasteiger partial charge in [-0.3, -0.25) is 4.79 Å². The van der Waals surface area contributed by atoms with Gasteiger partial charge in [0.05, 0.1) is 0 Å². The van der Waals surface area contributed by atoms with Gasteiger partial charge < -0.3 is 10.5 Å². The van der Waals surface area contributed by atoms with E-state index in [4.69, 9.17) is 10.5 Å². The quantitative estimate of drug-likeness (QED) is 0.709. The van der Waals surface area contributed by atoms with Crippen LogP contribution >= 0.6 is 0 Å². The van der Waals surface area contributed by atoms with Crippen molar-refractivity contribution in [2.45, 2.75) is 59.6 Å². The van der Waals surface area contributed by atoms with Crippen molar-refractivity contribution in [3.8, 4) is 0 Å². The van der Waals surface area contributed by atoms with Crippen molar-refractivity contribution in [1.29, 1.82) is 0 Å². The largest absolute Gasteiger partial charge is 0.461 e. The van der Waals surface area contributed by atoms with Gasteiger partial charge in [0.1, 0.15) is 11.6 Å². The van der Waals surface area contributed by atoms with Gasteiger partial charge in [-0.15, -0.1) is 0 Å². The Kier molecular flexibility index (Phi) is 4.13. The first-order valence-corrected chi connectivity index (χ1v) is 5.11. The van der Waals surface area contributed by atoms with E-state index in [2.05, 4.69) is 20.8 Å². The molecular formula is C11H23NO2. The van der Waals surface area contributed by atoms with E-state index in [-0.39, 0.29) is 17.5 Å². The number of hydrogen-bond acceptors (Lipinski definition) is 3. The van der Waals surface area contributed by atoms with Crippen LogP contribution in [-0.4, -0.2) is 17.6 Å². The fourth-order valence-corrected chi connectivity index (χ4v) is 0.759. The molecule has 0 bridgehead atoms. The minimum absolute atomic E-state index is 0.000903. The number of carbonyl (C=O) groups excluding carboxylic acids is 1. The smallest absolute Gasteiger partial charge is 0.325 e. The van der Waals surface area contributed by atoms with Gasteiger partial charge in [-0.2, -0.15) is 0 Å². The highest BCUT2D eigenvalue weighted by Crippen LogP contribution is 2.27. The first kappa shape index (κ1) is 13.4. The zero-order chi connectivity index (χ0) is 11.6. The molecule has 0 rings (SSSR count). The van der Waals surface area contributed by atoms with E-state index in [0.717, 1.165) is 6.42 Å². The van der Waals surface area contributed by atoms with E-state index < -0.39 is 5.54 Å². The van der Waals surface area contributed by atoms with Crippen LogP contribution in [0.1, 0.15) is 48.0 Å². The maximum atomic E-state index is 11.5. The summed E-state index contributed by atoms with van der Waals surface area (Å²) < 4.78 is 5.31. The Labute approximate surface area is 87.0 Å². The molecule has 0 radical (unpaired) electrons. The van der Waals surface area contributed by atoms with Gasteiger partial charge in [0, 0.05) is 5.41 Å². The molecule has 0 aromatic heterocycles. The minimum atomic E-state index is -0.905. The highest BCUT2D eigenvalue weighted by atomic mass is 16.5. The van der Waals surface area contributed by atoms with Crippen molar-refractivity contribution < 1.29 is 9.53 Å². The van der Waals surface area contributed by atoms with Crippen molar-refractivity contribution in [2.75, 3.05) is 0 Å². The lowest BCUT2D eigenvalue weighted by molar-refractivity contribution is -0.159. The van der Waals surface area contributed by atoms with Crippen LogP contribution < -0.4 is 5.73 Å². The van der Waals surface area contributed by atoms with Gasteiger partial charge >= 0.3 is 5.97 Å². The van der Waals surface area contributed by atoms with Crippen molar-refractivity contribution >= 4 is 5.97 Å². The van der Waals surface area contributed by atoms with Gasteiger partial charge in [-0.25, -0.2) is 0 Å². The summed E-state index contributed by atoms with van der Waals surface area (Å²) in [5, 5.41) is 0. The van der Waals surface area contributed by atoms with Crippen LogP contribution in [0.4, 0.5) is 0 Å². The molecule has 0 aromatic rings. The molecule has 0 fully saturated rings. The molecule has 0 amide bonds. The standard InChI is InChI=1S/C11H23NO2/c1-7-10(3,4)8(2)14-9(13)11(5,6)12/h8H,7,12H2,1-6H3. The first-order valence-electron chi connectivity index (χ1n) is 5.11. The van der Waals surface area contributed by atoms with Crippen LogP contribution in [0.5, 0.6) is 0 Å². The van der Waals surface area contributed by atoms with Crippen LogP contribution in [-0.2, 0) is 9.53 Å². The number of hydrogen-bond donors (Lipinski definition) is 1. The highest BCUT2D eigenvalue weighted by Gasteiger charge is 2.31. The lowest BCUT2D eigenvalue weighted by atomic mass is 9.84. The molecule has 0 spiro atoms. The second kappa shape index (κ2) is 4.30. The summed E-state index contributed by atoms with van der Waals surface area (Å²) >= 11 is 0. The summed E-state index contributed by atoms with van der Waals surface area (Å²) in [4.78, 5) is 11.5. The number of carbonyl (C=O) groups is 1. The van der Waals surface area contributed by atoms with Gasteiger partial charge in [-0.05, 0) is 27.2 Å². The summed E-state index contributed by atoms with van der Waals surface area (Å²) in [6.07, 6.45) is 0.856. The molecule has 0 aliphatic rings. The van der Waals surface area contributed by atoms with E-state index in [9.17, 15) is 4.79 Å². The predicted molar refractivity (Wildman–Crippen MR) is 57.9 cm³/mol. The normalized spacial score (nSPS) is 15.1. The second-order valence-corrected chi connectivity index (χ2v) is 5.11. The highest BCUT2D eigenvalue weighted by molar-refractivity contribution is 5.79. The molecule has 0 saturated carbocycles. The summed E-state index contributed by atoms with van der Waals surface area (Å²) in [5.74, 6) is -0.341. The van der Waals surface area contributed by atoms with Crippen LogP contribution in [0.15, 0.2) is 0 Å². The second-order valence-electron chi connectivity index (χ2n) is 5.11. The third-order valence-corrected chi connectivity index (χ3v) is 2.82. The maximum Gasteiger partial charge on any atom is 0.325 e. The molecule has 0 aromatic carbocycles. The molecule has 3 heteroatoms. The van der Waals surface area contributed by atoms with Crippen LogP contribution in [0.2, 0.25) is 0 Å². The lowest BCUT2D eigenvalue weighted by Gasteiger charge is -2.32. The predicted octanol–water partition coefficient (Wildman–Crippen LogP) is 2.09. The van der Waals surface area contributed by atoms with E-state index in [1.54, 1.807) is 13.8 Å². The van der Waals surface area contributed by atoms with Gasteiger partial charge in [0.2, 0.25) is 0 Å². The minimum Gasteiger partial charge on any atom is -0.461 e. The average Bonchev–Trinajstić information content (AvgIpc) is 2.02. The molecule has 1 unspecified atom stereocenters. The van der Waals surface area contributed by atoms with Crippen molar-refractivity contribution in [3.05, 3.63) is 0 Å². The molecule has 14 heavy (non-hydrogen) atoms. The number of ether oxygens (including phenoxy) is 1. The Morgan fingerprint density at radius 3 is 2.07 bits per heavy atom. The summed E-state index contributed by atoms with van der Waals surface area (Å²) in [6, 6.07) is 0. The molecule has 0 aliphatic heterocycles. The fourth-order valence-electron chi connectivity index (χ4n) is 0.759. The van der Waals surface area contributed by atoms with Crippen LogP contribution in [0, 0.1) is 5.41 Å². The molecule has 2 N–H and O–H groups in total. The van der Waals surface area contributed by atoms with Crippen molar-refractivity contribution in [1.82, 2.24) is 0 Å². The molecule has 84 valence electrons. The first-order chi connectivity index (χ1) is 6.11. The zero-order valence-corrected chi connectivity index (χ0v) is 10.2. The molecule has 1 atom stereocenters. The Morgan fingerprint density at radius 1 is 1.36 bits per heavy atom. The van der Waals surface area contributed by atoms with E-state index in [0.29, 0.717) is 0 Å².